The first-order valence-electron chi connectivity index (χ1n) is 7.37. The Kier molecular flexibility index (Phi) is 8.50. The van der Waals surface area contributed by atoms with E-state index in [4.69, 9.17) is 0 Å². The summed E-state index contributed by atoms with van der Waals surface area (Å²) >= 11 is 1.61. The third-order valence-electron chi connectivity index (χ3n) is 3.74. The molecule has 9 heteroatoms. The SMILES string of the molecule is Cl.Cl.FC(F)(F)Oc1cccc([C@H](c2cccs2)N2CCNCC2)c1. The van der Waals surface area contributed by atoms with Crippen LogP contribution in [-0.4, -0.2) is 37.4 Å². The number of benzene rings is 1. The van der Waals surface area contributed by atoms with Gasteiger partial charge < -0.3 is 10.1 Å². The van der Waals surface area contributed by atoms with E-state index in [1.165, 1.54) is 12.1 Å². The number of halogens is 5. The summed E-state index contributed by atoms with van der Waals surface area (Å²) in [6.07, 6.45) is -4.67. The highest BCUT2D eigenvalue weighted by atomic mass is 35.5. The van der Waals surface area contributed by atoms with Crippen molar-refractivity contribution in [1.82, 2.24) is 10.2 Å². The maximum absolute atomic E-state index is 12.5. The first kappa shape index (κ1) is 22.1. The molecule has 2 aromatic rings. The van der Waals surface area contributed by atoms with Gasteiger partial charge in [-0.1, -0.05) is 18.2 Å². The van der Waals surface area contributed by atoms with E-state index >= 15 is 0 Å². The minimum Gasteiger partial charge on any atom is -0.406 e. The lowest BCUT2D eigenvalue weighted by Gasteiger charge is -2.34. The second-order valence-corrected chi connectivity index (χ2v) is 6.30. The second-order valence-electron chi connectivity index (χ2n) is 5.32. The molecule has 0 saturated carbocycles. The maximum atomic E-state index is 12.5. The molecule has 0 unspecified atom stereocenters. The van der Waals surface area contributed by atoms with Gasteiger partial charge in [0.15, 0.2) is 0 Å². The number of hydrogen-bond acceptors (Lipinski definition) is 4. The Bertz CT molecular complexity index is 635. The molecule has 1 fully saturated rings. The minimum atomic E-state index is -4.67. The number of nitrogens with one attached hydrogen (secondary N) is 1. The van der Waals surface area contributed by atoms with E-state index < -0.39 is 6.36 Å². The van der Waals surface area contributed by atoms with Gasteiger partial charge in [-0.3, -0.25) is 4.90 Å². The van der Waals surface area contributed by atoms with Crippen molar-refractivity contribution >= 4 is 36.2 Å². The maximum Gasteiger partial charge on any atom is 0.573 e. The fourth-order valence-corrected chi connectivity index (χ4v) is 3.71. The van der Waals surface area contributed by atoms with Gasteiger partial charge >= 0.3 is 6.36 Å². The van der Waals surface area contributed by atoms with Crippen molar-refractivity contribution in [1.29, 1.82) is 0 Å². The van der Waals surface area contributed by atoms with Gasteiger partial charge in [-0.05, 0) is 29.1 Å². The topological polar surface area (TPSA) is 24.5 Å². The molecule has 140 valence electrons. The molecule has 0 aliphatic carbocycles. The molecule has 3 nitrogen and oxygen atoms in total. The average Bonchev–Trinajstić information content (AvgIpc) is 3.01. The molecule has 25 heavy (non-hydrogen) atoms. The number of thiophene rings is 1. The Morgan fingerprint density at radius 2 is 1.80 bits per heavy atom. The summed E-state index contributed by atoms with van der Waals surface area (Å²) in [4.78, 5) is 3.41. The average molecular weight is 415 g/mol. The Morgan fingerprint density at radius 1 is 1.08 bits per heavy atom. The predicted molar refractivity (Wildman–Crippen MR) is 98.2 cm³/mol. The molecule has 1 N–H and O–H groups in total. The van der Waals surface area contributed by atoms with Crippen LogP contribution >= 0.6 is 36.2 Å². The summed E-state index contributed by atoms with van der Waals surface area (Å²) in [6.45, 7) is 3.46. The molecule has 3 rings (SSSR count). The summed E-state index contributed by atoms with van der Waals surface area (Å²) in [5, 5.41) is 5.28. The smallest absolute Gasteiger partial charge is 0.406 e. The molecule has 0 radical (unpaired) electrons. The molecule has 0 amide bonds. The quantitative estimate of drug-likeness (QED) is 0.797. The molecule has 0 bridgehead atoms. The first-order chi connectivity index (χ1) is 11.0. The highest BCUT2D eigenvalue weighted by Gasteiger charge is 2.32. The van der Waals surface area contributed by atoms with Gasteiger partial charge in [0.05, 0.1) is 6.04 Å². The lowest BCUT2D eigenvalue weighted by atomic mass is 10.0. The number of ether oxygens (including phenoxy) is 1. The predicted octanol–water partition coefficient (Wildman–Crippen LogP) is 4.48. The van der Waals surface area contributed by atoms with E-state index in [9.17, 15) is 13.2 Å². The third kappa shape index (κ3) is 6.04. The van der Waals surface area contributed by atoms with Gasteiger partial charge in [-0.2, -0.15) is 0 Å². The van der Waals surface area contributed by atoms with Crippen LogP contribution in [0, 0.1) is 0 Å². The largest absolute Gasteiger partial charge is 0.573 e. The lowest BCUT2D eigenvalue weighted by molar-refractivity contribution is -0.274. The molecular formula is C16H19Cl2F3N2OS. The number of hydrogen-bond donors (Lipinski definition) is 1. The van der Waals surface area contributed by atoms with Crippen molar-refractivity contribution in [2.45, 2.75) is 12.4 Å². The highest BCUT2D eigenvalue weighted by Crippen LogP contribution is 2.34. The van der Waals surface area contributed by atoms with Crippen LogP contribution in [0.1, 0.15) is 16.5 Å². The molecule has 1 atom stereocenters. The summed E-state index contributed by atoms with van der Waals surface area (Å²) in [5.74, 6) is -0.174. The molecule has 1 aromatic carbocycles. The van der Waals surface area contributed by atoms with E-state index in [-0.39, 0.29) is 36.6 Å². The van der Waals surface area contributed by atoms with Crippen LogP contribution < -0.4 is 10.1 Å². The van der Waals surface area contributed by atoms with E-state index in [1.807, 2.05) is 23.6 Å². The Morgan fingerprint density at radius 3 is 2.40 bits per heavy atom. The molecule has 1 aliphatic heterocycles. The zero-order chi connectivity index (χ0) is 16.3. The second kappa shape index (κ2) is 9.64. The van der Waals surface area contributed by atoms with Gasteiger partial charge in [0, 0.05) is 31.1 Å². The fourth-order valence-electron chi connectivity index (χ4n) is 2.82. The Hall–Kier alpha value is -0.990. The zero-order valence-electron chi connectivity index (χ0n) is 13.2. The van der Waals surface area contributed by atoms with Gasteiger partial charge in [0.25, 0.3) is 0 Å². The van der Waals surface area contributed by atoms with E-state index in [0.717, 1.165) is 36.6 Å². The summed E-state index contributed by atoms with van der Waals surface area (Å²) in [5.41, 5.74) is 0.816. The van der Waals surface area contributed by atoms with E-state index in [2.05, 4.69) is 15.0 Å². The van der Waals surface area contributed by atoms with Crippen molar-refractivity contribution < 1.29 is 17.9 Å². The lowest BCUT2D eigenvalue weighted by Crippen LogP contribution is -2.45. The molecular weight excluding hydrogens is 396 g/mol. The third-order valence-corrected chi connectivity index (χ3v) is 4.66. The highest BCUT2D eigenvalue weighted by molar-refractivity contribution is 7.10. The normalized spacial score (nSPS) is 16.4. The van der Waals surface area contributed by atoms with E-state index in [0.29, 0.717) is 0 Å². The molecule has 1 aliphatic rings. The first-order valence-corrected chi connectivity index (χ1v) is 8.25. The number of nitrogens with zero attached hydrogens (tertiary/aromatic N) is 1. The summed E-state index contributed by atoms with van der Waals surface area (Å²) in [7, 11) is 0. The van der Waals surface area contributed by atoms with Crippen LogP contribution in [0.25, 0.3) is 0 Å². The van der Waals surface area contributed by atoms with Gasteiger partial charge in [-0.15, -0.1) is 49.3 Å². The van der Waals surface area contributed by atoms with E-state index in [1.54, 1.807) is 17.4 Å². The number of piperazine rings is 1. The van der Waals surface area contributed by atoms with Gasteiger partial charge in [0.2, 0.25) is 0 Å². The number of rotatable bonds is 4. The minimum absolute atomic E-state index is 0. The summed E-state index contributed by atoms with van der Waals surface area (Å²) in [6, 6.07) is 10.2. The zero-order valence-corrected chi connectivity index (χ0v) is 15.6. The molecule has 1 saturated heterocycles. The Labute approximate surface area is 161 Å². The Balaban J connectivity index is 0.00000156. The van der Waals surface area contributed by atoms with Crippen molar-refractivity contribution in [3.63, 3.8) is 0 Å². The van der Waals surface area contributed by atoms with Gasteiger partial charge in [-0.25, -0.2) is 0 Å². The van der Waals surface area contributed by atoms with Crippen LogP contribution in [0.3, 0.4) is 0 Å². The summed E-state index contributed by atoms with van der Waals surface area (Å²) < 4.78 is 41.5. The van der Waals surface area contributed by atoms with Crippen LogP contribution in [0.15, 0.2) is 41.8 Å². The van der Waals surface area contributed by atoms with Crippen LogP contribution in [0.5, 0.6) is 5.75 Å². The molecule has 2 heterocycles. The van der Waals surface area contributed by atoms with Crippen LogP contribution in [0.4, 0.5) is 13.2 Å². The monoisotopic (exact) mass is 414 g/mol. The van der Waals surface area contributed by atoms with Crippen LogP contribution in [0.2, 0.25) is 0 Å². The van der Waals surface area contributed by atoms with Crippen LogP contribution in [-0.2, 0) is 0 Å². The van der Waals surface area contributed by atoms with Crippen molar-refractivity contribution in [2.75, 3.05) is 26.2 Å². The van der Waals surface area contributed by atoms with Crippen molar-refractivity contribution in [3.05, 3.63) is 52.2 Å². The standard InChI is InChI=1S/C16H17F3N2OS.2ClH/c17-16(18,19)22-13-4-1-3-12(11-13)15(14-5-2-10-23-14)21-8-6-20-7-9-21;;/h1-5,10-11,15,20H,6-9H2;2*1H/t15-;;/m1../s1. The van der Waals surface area contributed by atoms with Crippen molar-refractivity contribution in [2.24, 2.45) is 0 Å². The fraction of sp³-hybridized carbons (Fsp3) is 0.375. The van der Waals surface area contributed by atoms with Gasteiger partial charge in [0.1, 0.15) is 5.75 Å². The molecule has 1 aromatic heterocycles. The van der Waals surface area contributed by atoms with Crippen molar-refractivity contribution in [3.8, 4) is 5.75 Å². The molecule has 0 spiro atoms. The number of alkyl halides is 3.